The molecule has 0 radical (unpaired) electrons. The molecule has 0 saturated heterocycles. The van der Waals surface area contributed by atoms with Crippen LogP contribution in [0.5, 0.6) is 0 Å². The van der Waals surface area contributed by atoms with Crippen LogP contribution in [0.25, 0.3) is 6.08 Å². The van der Waals surface area contributed by atoms with Gasteiger partial charge in [0.05, 0.1) is 13.2 Å². The van der Waals surface area contributed by atoms with Crippen LogP contribution in [0.3, 0.4) is 0 Å². The summed E-state index contributed by atoms with van der Waals surface area (Å²) < 4.78 is 6.71. The second kappa shape index (κ2) is 3.98. The number of esters is 1. The predicted octanol–water partition coefficient (Wildman–Crippen LogP) is -1.11. The van der Waals surface area contributed by atoms with E-state index in [0.717, 1.165) is 0 Å². The number of aromatic nitrogens is 1. The zero-order valence-electron chi connectivity index (χ0n) is 8.23. The van der Waals surface area contributed by atoms with Crippen LogP contribution >= 0.6 is 11.3 Å². The van der Waals surface area contributed by atoms with Crippen molar-refractivity contribution in [2.45, 2.75) is 13.5 Å². The van der Waals surface area contributed by atoms with Gasteiger partial charge in [0.15, 0.2) is 4.80 Å². The molecule has 0 amide bonds. The Morgan fingerprint density at radius 1 is 1.73 bits per heavy atom. The number of carbonyl (C=O) groups excluding carboxylic acids is 1. The van der Waals surface area contributed by atoms with Crippen LogP contribution in [0.15, 0.2) is 9.79 Å². The van der Waals surface area contributed by atoms with Crippen LogP contribution < -0.4 is 14.9 Å². The van der Waals surface area contributed by atoms with Gasteiger partial charge in [0.2, 0.25) is 0 Å². The lowest BCUT2D eigenvalue weighted by Crippen LogP contribution is -2.30. The SMILES string of the molecule is CCOC(=O)C=c1sc2n(c1=O)CCN=2. The minimum Gasteiger partial charge on any atom is -0.463 e. The van der Waals surface area contributed by atoms with Crippen molar-refractivity contribution in [1.29, 1.82) is 0 Å². The first-order chi connectivity index (χ1) is 7.22. The fourth-order valence-electron chi connectivity index (χ4n) is 1.36. The summed E-state index contributed by atoms with van der Waals surface area (Å²) in [4.78, 5) is 27.7. The third kappa shape index (κ3) is 1.85. The summed E-state index contributed by atoms with van der Waals surface area (Å²) in [6.07, 6.45) is 1.23. The van der Waals surface area contributed by atoms with E-state index in [9.17, 15) is 9.59 Å². The number of rotatable bonds is 2. The summed E-state index contributed by atoms with van der Waals surface area (Å²) in [5, 5.41) is 0. The van der Waals surface area contributed by atoms with E-state index in [0.29, 0.717) is 29.0 Å². The van der Waals surface area contributed by atoms with E-state index < -0.39 is 5.97 Å². The topological polar surface area (TPSA) is 60.7 Å². The molecule has 0 atom stereocenters. The number of carbonyl (C=O) groups is 1. The average Bonchev–Trinajstić information content (AvgIpc) is 2.72. The number of hydrogen-bond donors (Lipinski definition) is 0. The van der Waals surface area contributed by atoms with Crippen molar-refractivity contribution >= 4 is 23.4 Å². The summed E-state index contributed by atoms with van der Waals surface area (Å²) in [5.74, 6) is -0.477. The van der Waals surface area contributed by atoms with Crippen molar-refractivity contribution in [3.63, 3.8) is 0 Å². The number of fused-ring (bicyclic) bond motifs is 1. The van der Waals surface area contributed by atoms with Crippen molar-refractivity contribution < 1.29 is 9.53 Å². The van der Waals surface area contributed by atoms with E-state index in [1.54, 1.807) is 11.5 Å². The Kier molecular flexibility index (Phi) is 2.68. The molecule has 1 aliphatic heterocycles. The molecule has 2 heterocycles. The third-order valence-electron chi connectivity index (χ3n) is 1.99. The predicted molar refractivity (Wildman–Crippen MR) is 55.3 cm³/mol. The molecule has 2 rings (SSSR count). The Labute approximate surface area is 89.3 Å². The standard InChI is InChI=1S/C9H10N2O3S/c1-2-14-7(12)5-6-8(13)11-4-3-10-9(11)15-6/h5H,2-4H2,1H3. The van der Waals surface area contributed by atoms with Crippen LogP contribution in [0.4, 0.5) is 0 Å². The molecule has 6 heteroatoms. The lowest BCUT2D eigenvalue weighted by molar-refractivity contribution is -0.135. The third-order valence-corrected chi connectivity index (χ3v) is 3.04. The summed E-state index contributed by atoms with van der Waals surface area (Å²) in [7, 11) is 0. The van der Waals surface area contributed by atoms with E-state index in [-0.39, 0.29) is 5.56 Å². The number of thiazole rings is 1. The van der Waals surface area contributed by atoms with E-state index in [4.69, 9.17) is 4.74 Å². The molecule has 15 heavy (non-hydrogen) atoms. The van der Waals surface area contributed by atoms with Gasteiger partial charge >= 0.3 is 5.97 Å². The maximum absolute atomic E-state index is 11.7. The quantitative estimate of drug-likeness (QED) is 0.601. The number of nitrogens with zero attached hydrogens (tertiary/aromatic N) is 2. The van der Waals surface area contributed by atoms with Gasteiger partial charge in [-0.2, -0.15) is 0 Å². The minimum absolute atomic E-state index is 0.149. The molecule has 0 fully saturated rings. The van der Waals surface area contributed by atoms with E-state index >= 15 is 0 Å². The largest absolute Gasteiger partial charge is 0.463 e. The highest BCUT2D eigenvalue weighted by atomic mass is 32.1. The van der Waals surface area contributed by atoms with Gasteiger partial charge < -0.3 is 4.74 Å². The van der Waals surface area contributed by atoms with Gasteiger partial charge in [-0.1, -0.05) is 11.3 Å². The zero-order chi connectivity index (χ0) is 10.8. The number of ether oxygens (including phenoxy) is 1. The van der Waals surface area contributed by atoms with Gasteiger partial charge in [0.1, 0.15) is 4.53 Å². The van der Waals surface area contributed by atoms with Crippen molar-refractivity contribution in [2.24, 2.45) is 4.99 Å². The number of hydrogen-bond acceptors (Lipinski definition) is 5. The Bertz CT molecular complexity index is 555. The molecule has 0 aliphatic carbocycles. The fraction of sp³-hybridized carbons (Fsp3) is 0.444. The molecule has 1 aliphatic rings. The molecule has 5 nitrogen and oxygen atoms in total. The van der Waals surface area contributed by atoms with Gasteiger partial charge in [-0.05, 0) is 6.92 Å². The lowest BCUT2D eigenvalue weighted by Gasteiger charge is -1.92. The summed E-state index contributed by atoms with van der Waals surface area (Å²) in [6, 6.07) is 0. The molecule has 0 N–H and O–H groups in total. The van der Waals surface area contributed by atoms with Gasteiger partial charge in [-0.15, -0.1) is 0 Å². The Morgan fingerprint density at radius 3 is 3.20 bits per heavy atom. The van der Waals surface area contributed by atoms with Crippen LogP contribution in [-0.4, -0.2) is 23.7 Å². The summed E-state index contributed by atoms with van der Waals surface area (Å²) >= 11 is 1.23. The Balaban J connectivity index is 2.46. The molecule has 0 saturated carbocycles. The van der Waals surface area contributed by atoms with Crippen LogP contribution in [0.1, 0.15) is 6.92 Å². The minimum atomic E-state index is -0.477. The lowest BCUT2D eigenvalue weighted by atomic mass is 10.5. The van der Waals surface area contributed by atoms with Crippen LogP contribution in [0.2, 0.25) is 0 Å². The highest BCUT2D eigenvalue weighted by Crippen LogP contribution is 1.87. The van der Waals surface area contributed by atoms with Crippen molar-refractivity contribution in [2.75, 3.05) is 13.2 Å². The van der Waals surface area contributed by atoms with Gasteiger partial charge in [0, 0.05) is 12.6 Å². The van der Waals surface area contributed by atoms with Gasteiger partial charge in [0.25, 0.3) is 5.56 Å². The Hall–Kier alpha value is -1.43. The van der Waals surface area contributed by atoms with Crippen molar-refractivity contribution in [3.05, 3.63) is 19.7 Å². The molecule has 0 bridgehead atoms. The maximum Gasteiger partial charge on any atom is 0.332 e. The highest BCUT2D eigenvalue weighted by molar-refractivity contribution is 7.07. The van der Waals surface area contributed by atoms with Crippen LogP contribution in [0, 0.1) is 0 Å². The van der Waals surface area contributed by atoms with Gasteiger partial charge in [-0.25, -0.2) is 4.79 Å². The van der Waals surface area contributed by atoms with E-state index in [1.807, 2.05) is 0 Å². The normalized spacial score (nSPS) is 14.9. The molecular formula is C9H10N2O3S. The molecule has 1 aromatic heterocycles. The Morgan fingerprint density at radius 2 is 2.53 bits per heavy atom. The van der Waals surface area contributed by atoms with E-state index in [2.05, 4.69) is 4.99 Å². The molecular weight excluding hydrogens is 216 g/mol. The summed E-state index contributed by atoms with van der Waals surface area (Å²) in [5.41, 5.74) is -0.149. The smallest absolute Gasteiger partial charge is 0.332 e. The highest BCUT2D eigenvalue weighted by Gasteiger charge is 2.10. The maximum atomic E-state index is 11.7. The first kappa shape index (κ1) is 10.1. The first-order valence-corrected chi connectivity index (χ1v) is 5.46. The van der Waals surface area contributed by atoms with Crippen LogP contribution in [-0.2, 0) is 16.1 Å². The van der Waals surface area contributed by atoms with Gasteiger partial charge in [-0.3, -0.25) is 14.4 Å². The second-order valence-electron chi connectivity index (χ2n) is 2.98. The zero-order valence-corrected chi connectivity index (χ0v) is 9.04. The molecule has 0 spiro atoms. The van der Waals surface area contributed by atoms with Crippen molar-refractivity contribution in [1.82, 2.24) is 4.57 Å². The van der Waals surface area contributed by atoms with E-state index in [1.165, 1.54) is 17.4 Å². The second-order valence-corrected chi connectivity index (χ2v) is 3.99. The monoisotopic (exact) mass is 226 g/mol. The molecule has 0 aromatic carbocycles. The fourth-order valence-corrected chi connectivity index (χ4v) is 2.35. The average molecular weight is 226 g/mol. The first-order valence-electron chi connectivity index (χ1n) is 4.65. The molecule has 0 unspecified atom stereocenters. The molecule has 1 aromatic rings. The van der Waals surface area contributed by atoms with Crippen molar-refractivity contribution in [3.8, 4) is 0 Å². The molecule has 80 valence electrons. The summed E-state index contributed by atoms with van der Waals surface area (Å²) in [6.45, 7) is 3.30.